The number of carbonyl (C=O) groups excluding carboxylic acids is 1. The molecule has 7 nitrogen and oxygen atoms in total. The van der Waals surface area contributed by atoms with Crippen molar-refractivity contribution in [3.8, 4) is 11.5 Å². The summed E-state index contributed by atoms with van der Waals surface area (Å²) in [6.07, 6.45) is 1.36. The van der Waals surface area contributed by atoms with E-state index in [9.17, 15) is 4.79 Å². The smallest absolute Gasteiger partial charge is 0.274 e. The van der Waals surface area contributed by atoms with Gasteiger partial charge in [0.25, 0.3) is 5.91 Å². The lowest BCUT2D eigenvalue weighted by molar-refractivity contribution is 0.102. The Balaban J connectivity index is 1.46. The van der Waals surface area contributed by atoms with E-state index < -0.39 is 0 Å². The van der Waals surface area contributed by atoms with Crippen molar-refractivity contribution in [1.29, 1.82) is 0 Å². The van der Waals surface area contributed by atoms with E-state index in [1.807, 2.05) is 12.1 Å². The van der Waals surface area contributed by atoms with E-state index in [1.54, 1.807) is 24.3 Å². The van der Waals surface area contributed by atoms with Gasteiger partial charge in [-0.2, -0.15) is 0 Å². The maximum atomic E-state index is 12.5. The molecular weight excluding hydrogens is 356 g/mol. The van der Waals surface area contributed by atoms with Gasteiger partial charge >= 0.3 is 0 Å². The summed E-state index contributed by atoms with van der Waals surface area (Å²) in [6, 6.07) is 15.0. The molecule has 1 aliphatic rings. The molecule has 1 amide bonds. The van der Waals surface area contributed by atoms with Crippen LogP contribution in [0.25, 0.3) is 0 Å². The molecule has 0 spiro atoms. The standard InChI is InChI=1S/C21H20N4O3/c1-13(2)14-3-5-15(6-4-14)24-20-10-17(22-11-23-20)21(26)25-16-7-8-18-19(9-16)28-12-27-18/h3-11,13H,12H2,1-2H3,(H,25,26)(H,22,23,24). The normalized spacial score (nSPS) is 12.1. The van der Waals surface area contributed by atoms with Gasteiger partial charge < -0.3 is 20.1 Å². The number of carbonyl (C=O) groups is 1. The van der Waals surface area contributed by atoms with Crippen molar-refractivity contribution in [3.63, 3.8) is 0 Å². The zero-order valence-electron chi connectivity index (χ0n) is 15.6. The summed E-state index contributed by atoms with van der Waals surface area (Å²) in [5, 5.41) is 6.00. The van der Waals surface area contributed by atoms with Gasteiger partial charge in [-0.1, -0.05) is 26.0 Å². The third-order valence-electron chi connectivity index (χ3n) is 4.38. The first-order valence-corrected chi connectivity index (χ1v) is 8.98. The van der Waals surface area contributed by atoms with Crippen molar-refractivity contribution >= 4 is 23.1 Å². The first kappa shape index (κ1) is 17.8. The molecule has 0 saturated heterocycles. The first-order valence-electron chi connectivity index (χ1n) is 8.98. The fraction of sp³-hybridized carbons (Fsp3) is 0.190. The lowest BCUT2D eigenvalue weighted by atomic mass is 10.0. The Labute approximate surface area is 162 Å². The number of fused-ring (bicyclic) bond motifs is 1. The Morgan fingerprint density at radius 1 is 0.964 bits per heavy atom. The zero-order chi connectivity index (χ0) is 19.5. The molecule has 0 radical (unpaired) electrons. The minimum Gasteiger partial charge on any atom is -0.454 e. The van der Waals surface area contributed by atoms with Gasteiger partial charge in [-0.15, -0.1) is 0 Å². The fourth-order valence-corrected chi connectivity index (χ4v) is 2.82. The van der Waals surface area contributed by atoms with Crippen molar-refractivity contribution in [2.24, 2.45) is 0 Å². The van der Waals surface area contributed by atoms with Gasteiger partial charge in [-0.3, -0.25) is 4.79 Å². The van der Waals surface area contributed by atoms with Crippen LogP contribution in [-0.2, 0) is 0 Å². The lowest BCUT2D eigenvalue weighted by Crippen LogP contribution is -2.14. The van der Waals surface area contributed by atoms with Gasteiger partial charge in [-0.05, 0) is 35.7 Å². The van der Waals surface area contributed by atoms with Gasteiger partial charge in [0.2, 0.25) is 6.79 Å². The molecule has 0 bridgehead atoms. The third kappa shape index (κ3) is 3.88. The molecule has 3 aromatic rings. The minimum absolute atomic E-state index is 0.186. The highest BCUT2D eigenvalue weighted by molar-refractivity contribution is 6.03. The van der Waals surface area contributed by atoms with E-state index in [0.29, 0.717) is 28.9 Å². The number of nitrogens with zero attached hydrogens (tertiary/aromatic N) is 2. The number of anilines is 3. The molecule has 0 fully saturated rings. The molecule has 0 aliphatic carbocycles. The van der Waals surface area contributed by atoms with E-state index >= 15 is 0 Å². The molecule has 1 aliphatic heterocycles. The topological polar surface area (TPSA) is 85.4 Å². The number of hydrogen-bond acceptors (Lipinski definition) is 6. The van der Waals surface area contributed by atoms with Crippen LogP contribution in [0.2, 0.25) is 0 Å². The summed E-state index contributed by atoms with van der Waals surface area (Å²) in [4.78, 5) is 20.8. The monoisotopic (exact) mass is 376 g/mol. The highest BCUT2D eigenvalue weighted by atomic mass is 16.7. The van der Waals surface area contributed by atoms with Crippen molar-refractivity contribution in [1.82, 2.24) is 9.97 Å². The summed E-state index contributed by atoms with van der Waals surface area (Å²) in [6.45, 7) is 4.49. The summed E-state index contributed by atoms with van der Waals surface area (Å²) < 4.78 is 10.6. The lowest BCUT2D eigenvalue weighted by Gasteiger charge is -2.10. The van der Waals surface area contributed by atoms with Gasteiger partial charge in [0.05, 0.1) is 0 Å². The molecule has 0 atom stereocenters. The van der Waals surface area contributed by atoms with E-state index in [4.69, 9.17) is 9.47 Å². The molecular formula is C21H20N4O3. The molecule has 28 heavy (non-hydrogen) atoms. The van der Waals surface area contributed by atoms with E-state index in [1.165, 1.54) is 11.9 Å². The first-order chi connectivity index (χ1) is 13.6. The number of nitrogens with one attached hydrogen (secondary N) is 2. The maximum absolute atomic E-state index is 12.5. The maximum Gasteiger partial charge on any atom is 0.274 e. The predicted octanol–water partition coefficient (Wildman–Crippen LogP) is 4.32. The molecule has 7 heteroatoms. The van der Waals surface area contributed by atoms with Crippen LogP contribution in [0.4, 0.5) is 17.2 Å². The Bertz CT molecular complexity index is 1000. The van der Waals surface area contributed by atoms with Crippen LogP contribution < -0.4 is 20.1 Å². The fourth-order valence-electron chi connectivity index (χ4n) is 2.82. The number of benzene rings is 2. The minimum atomic E-state index is -0.334. The van der Waals surface area contributed by atoms with Crippen LogP contribution in [0.5, 0.6) is 11.5 Å². The summed E-state index contributed by atoms with van der Waals surface area (Å²) in [7, 11) is 0. The Kier molecular flexibility index (Phi) is 4.80. The van der Waals surface area contributed by atoms with Gasteiger partial charge in [-0.25, -0.2) is 9.97 Å². The Morgan fingerprint density at radius 2 is 1.71 bits per heavy atom. The van der Waals surface area contributed by atoms with E-state index in [-0.39, 0.29) is 18.4 Å². The van der Waals surface area contributed by atoms with Crippen molar-refractivity contribution in [3.05, 3.63) is 66.1 Å². The SMILES string of the molecule is CC(C)c1ccc(Nc2cc(C(=O)Nc3ccc4c(c3)OCO4)ncn2)cc1. The molecule has 2 N–H and O–H groups in total. The van der Waals surface area contributed by atoms with Gasteiger partial charge in [0.1, 0.15) is 17.8 Å². The Morgan fingerprint density at radius 3 is 2.50 bits per heavy atom. The third-order valence-corrected chi connectivity index (χ3v) is 4.38. The van der Waals surface area contributed by atoms with Crippen molar-refractivity contribution < 1.29 is 14.3 Å². The number of hydrogen-bond donors (Lipinski definition) is 2. The van der Waals surface area contributed by atoms with Crippen LogP contribution in [0, 0.1) is 0 Å². The number of ether oxygens (including phenoxy) is 2. The van der Waals surface area contributed by atoms with Crippen LogP contribution >= 0.6 is 0 Å². The summed E-state index contributed by atoms with van der Waals surface area (Å²) in [5.74, 6) is 1.95. The number of aromatic nitrogens is 2. The zero-order valence-corrected chi connectivity index (χ0v) is 15.6. The van der Waals surface area contributed by atoms with Crippen LogP contribution in [0.3, 0.4) is 0 Å². The quantitative estimate of drug-likeness (QED) is 0.690. The molecule has 2 heterocycles. The second-order valence-corrected chi connectivity index (χ2v) is 6.71. The molecule has 2 aromatic carbocycles. The van der Waals surface area contributed by atoms with Gasteiger partial charge in [0, 0.05) is 23.5 Å². The molecule has 142 valence electrons. The highest BCUT2D eigenvalue weighted by Crippen LogP contribution is 2.34. The largest absolute Gasteiger partial charge is 0.454 e. The van der Waals surface area contributed by atoms with Crippen LogP contribution in [0.1, 0.15) is 35.8 Å². The second-order valence-electron chi connectivity index (χ2n) is 6.71. The molecule has 1 aromatic heterocycles. The second kappa shape index (κ2) is 7.56. The van der Waals surface area contributed by atoms with E-state index in [0.717, 1.165) is 5.69 Å². The summed E-state index contributed by atoms with van der Waals surface area (Å²) in [5.41, 5.74) is 3.02. The molecule has 0 saturated carbocycles. The van der Waals surface area contributed by atoms with Crippen molar-refractivity contribution in [2.45, 2.75) is 19.8 Å². The van der Waals surface area contributed by atoms with Crippen LogP contribution in [-0.4, -0.2) is 22.7 Å². The molecule has 0 unspecified atom stereocenters. The van der Waals surface area contributed by atoms with Crippen molar-refractivity contribution in [2.75, 3.05) is 17.4 Å². The summed E-state index contributed by atoms with van der Waals surface area (Å²) >= 11 is 0. The van der Waals surface area contributed by atoms with Crippen LogP contribution in [0.15, 0.2) is 54.9 Å². The number of amides is 1. The van der Waals surface area contributed by atoms with E-state index in [2.05, 4.69) is 46.6 Å². The average Bonchev–Trinajstić information content (AvgIpc) is 3.16. The average molecular weight is 376 g/mol. The Hall–Kier alpha value is -3.61. The highest BCUT2D eigenvalue weighted by Gasteiger charge is 2.15. The van der Waals surface area contributed by atoms with Gasteiger partial charge in [0.15, 0.2) is 11.5 Å². The molecule has 4 rings (SSSR count). The number of rotatable bonds is 5. The predicted molar refractivity (Wildman–Crippen MR) is 106 cm³/mol.